The molecule has 3 aromatic rings. The van der Waals surface area contributed by atoms with Crippen LogP contribution in [0.2, 0.25) is 0 Å². The van der Waals surface area contributed by atoms with Crippen molar-refractivity contribution in [3.8, 4) is 5.75 Å². The number of ether oxygens (including phenoxy) is 1. The quantitative estimate of drug-likeness (QED) is 0.532. The van der Waals surface area contributed by atoms with Gasteiger partial charge in [0.15, 0.2) is 5.76 Å². The van der Waals surface area contributed by atoms with Crippen LogP contribution in [0.5, 0.6) is 5.75 Å². The molecule has 1 N–H and O–H groups in total. The number of rotatable bonds is 6. The van der Waals surface area contributed by atoms with Crippen molar-refractivity contribution in [2.75, 3.05) is 12.4 Å². The van der Waals surface area contributed by atoms with Crippen molar-refractivity contribution in [2.45, 2.75) is 6.42 Å². The number of furan rings is 1. The van der Waals surface area contributed by atoms with Gasteiger partial charge in [-0.1, -0.05) is 17.2 Å². The molecule has 10 heteroatoms. The Kier molecular flexibility index (Phi) is 4.42. The number of anilines is 1. The summed E-state index contributed by atoms with van der Waals surface area (Å²) in [5, 5.41) is 20.4. The molecule has 2 aromatic heterocycles. The van der Waals surface area contributed by atoms with Crippen LogP contribution in [0, 0.1) is 10.1 Å². The Morgan fingerprint density at radius 3 is 2.60 bits per heavy atom. The van der Waals surface area contributed by atoms with E-state index < -0.39 is 16.7 Å². The molecule has 0 fully saturated rings. The van der Waals surface area contributed by atoms with Gasteiger partial charge in [-0.2, -0.15) is 0 Å². The number of carbonyl (C=O) groups is 1. The van der Waals surface area contributed by atoms with E-state index in [2.05, 4.69) is 15.5 Å². The fraction of sp³-hybridized carbons (Fsp3) is 0.133. The van der Waals surface area contributed by atoms with E-state index in [1.807, 2.05) is 12.1 Å². The number of nitrogens with zero attached hydrogens (tertiary/aromatic N) is 3. The summed E-state index contributed by atoms with van der Waals surface area (Å²) >= 11 is 0. The Morgan fingerprint density at radius 2 is 1.96 bits per heavy atom. The zero-order valence-electron chi connectivity index (χ0n) is 13.0. The van der Waals surface area contributed by atoms with Crippen LogP contribution in [0.25, 0.3) is 0 Å². The average Bonchev–Trinajstić information content (AvgIpc) is 3.25. The second-order valence-corrected chi connectivity index (χ2v) is 4.87. The van der Waals surface area contributed by atoms with Crippen LogP contribution in [0.4, 0.5) is 11.9 Å². The van der Waals surface area contributed by atoms with Gasteiger partial charge in [0.2, 0.25) is 5.89 Å². The minimum atomic E-state index is -0.740. The third kappa shape index (κ3) is 3.80. The Morgan fingerprint density at radius 1 is 1.20 bits per heavy atom. The predicted octanol–water partition coefficient (Wildman–Crippen LogP) is 2.42. The van der Waals surface area contributed by atoms with Gasteiger partial charge in [-0.25, -0.2) is 0 Å². The van der Waals surface area contributed by atoms with Crippen molar-refractivity contribution in [1.82, 2.24) is 10.2 Å². The number of nitro groups is 1. The normalized spacial score (nSPS) is 10.4. The molecular weight excluding hydrogens is 332 g/mol. The number of amides is 1. The van der Waals surface area contributed by atoms with Crippen LogP contribution in [0.1, 0.15) is 22.0 Å². The molecule has 0 unspecified atom stereocenters. The summed E-state index contributed by atoms with van der Waals surface area (Å²) in [7, 11) is 1.58. The number of carbonyl (C=O) groups excluding carboxylic acids is 1. The van der Waals surface area contributed by atoms with Gasteiger partial charge < -0.3 is 13.6 Å². The smallest absolute Gasteiger partial charge is 0.433 e. The van der Waals surface area contributed by atoms with Crippen LogP contribution in [-0.2, 0) is 6.42 Å². The zero-order chi connectivity index (χ0) is 17.8. The number of methoxy groups -OCH3 is 1. The molecule has 2 heterocycles. The summed E-state index contributed by atoms with van der Waals surface area (Å²) in [5.41, 5.74) is 0.920. The first-order valence-electron chi connectivity index (χ1n) is 7.06. The molecule has 0 aliphatic carbocycles. The fourth-order valence-corrected chi connectivity index (χ4v) is 2.00. The van der Waals surface area contributed by atoms with Gasteiger partial charge in [0.05, 0.1) is 19.6 Å². The average molecular weight is 344 g/mol. The molecule has 0 spiro atoms. The molecule has 0 saturated heterocycles. The van der Waals surface area contributed by atoms with Gasteiger partial charge in [0.25, 0.3) is 5.91 Å². The van der Waals surface area contributed by atoms with Crippen LogP contribution in [-0.4, -0.2) is 28.1 Å². The molecule has 10 nitrogen and oxygen atoms in total. The van der Waals surface area contributed by atoms with Crippen LogP contribution in [0.3, 0.4) is 0 Å². The summed E-state index contributed by atoms with van der Waals surface area (Å²) in [6.07, 6.45) is 0.374. The van der Waals surface area contributed by atoms with Gasteiger partial charge >= 0.3 is 11.9 Å². The van der Waals surface area contributed by atoms with E-state index in [0.29, 0.717) is 12.3 Å². The summed E-state index contributed by atoms with van der Waals surface area (Å²) < 4.78 is 15.2. The SMILES string of the molecule is COc1ccc(Cc2nnc(NC(=O)c3ccc([N+](=O)[O-])o3)o2)cc1. The van der Waals surface area contributed by atoms with Crippen molar-refractivity contribution in [3.05, 3.63) is 63.7 Å². The van der Waals surface area contributed by atoms with E-state index in [1.165, 1.54) is 6.07 Å². The topological polar surface area (TPSA) is 134 Å². The van der Waals surface area contributed by atoms with E-state index in [9.17, 15) is 14.9 Å². The van der Waals surface area contributed by atoms with Crippen LogP contribution < -0.4 is 10.1 Å². The number of hydrogen-bond acceptors (Lipinski definition) is 8. The molecular formula is C15H12N4O6. The van der Waals surface area contributed by atoms with Crippen LogP contribution in [0.15, 0.2) is 45.2 Å². The van der Waals surface area contributed by atoms with Crippen molar-refractivity contribution >= 4 is 17.8 Å². The van der Waals surface area contributed by atoms with Crippen molar-refractivity contribution < 1.29 is 23.3 Å². The summed E-state index contributed by atoms with van der Waals surface area (Å²) in [6.45, 7) is 0. The van der Waals surface area contributed by atoms with Crippen molar-refractivity contribution in [3.63, 3.8) is 0 Å². The van der Waals surface area contributed by atoms with E-state index in [-0.39, 0.29) is 11.8 Å². The predicted molar refractivity (Wildman–Crippen MR) is 83.4 cm³/mol. The summed E-state index contributed by atoms with van der Waals surface area (Å²) in [6, 6.07) is 9.44. The Labute approximate surface area is 140 Å². The van der Waals surface area contributed by atoms with Gasteiger partial charge in [0, 0.05) is 0 Å². The van der Waals surface area contributed by atoms with Gasteiger partial charge in [-0.15, -0.1) is 5.10 Å². The number of hydrogen-bond donors (Lipinski definition) is 1. The lowest BCUT2D eigenvalue weighted by Gasteiger charge is -2.00. The highest BCUT2D eigenvalue weighted by atomic mass is 16.6. The molecule has 0 aliphatic rings. The molecule has 0 saturated carbocycles. The molecule has 1 amide bonds. The zero-order valence-corrected chi connectivity index (χ0v) is 13.0. The molecule has 0 radical (unpaired) electrons. The Bertz CT molecular complexity index is 899. The molecule has 1 aromatic carbocycles. The maximum Gasteiger partial charge on any atom is 0.433 e. The maximum absolute atomic E-state index is 11.9. The van der Waals surface area contributed by atoms with E-state index in [1.54, 1.807) is 19.2 Å². The Balaban J connectivity index is 1.64. The van der Waals surface area contributed by atoms with Crippen LogP contribution >= 0.6 is 0 Å². The van der Waals surface area contributed by atoms with Crippen molar-refractivity contribution in [1.29, 1.82) is 0 Å². The minimum Gasteiger partial charge on any atom is -0.497 e. The highest BCUT2D eigenvalue weighted by Crippen LogP contribution is 2.18. The molecule has 0 atom stereocenters. The lowest BCUT2D eigenvalue weighted by Crippen LogP contribution is -2.11. The number of nitrogens with one attached hydrogen (secondary N) is 1. The van der Waals surface area contributed by atoms with E-state index in [0.717, 1.165) is 17.4 Å². The fourth-order valence-electron chi connectivity index (χ4n) is 2.00. The molecule has 128 valence electrons. The monoisotopic (exact) mass is 344 g/mol. The standard InChI is InChI=1S/C15H12N4O6/c1-23-10-4-2-9(3-5-10)8-12-17-18-15(25-12)16-14(20)11-6-7-13(24-11)19(21)22/h2-7H,8H2,1H3,(H,16,18,20). The highest BCUT2D eigenvalue weighted by molar-refractivity contribution is 6.01. The first-order chi connectivity index (χ1) is 12.0. The molecule has 25 heavy (non-hydrogen) atoms. The third-order valence-electron chi connectivity index (χ3n) is 3.20. The maximum atomic E-state index is 11.9. The first-order valence-corrected chi connectivity index (χ1v) is 7.06. The third-order valence-corrected chi connectivity index (χ3v) is 3.20. The lowest BCUT2D eigenvalue weighted by molar-refractivity contribution is -0.402. The number of aromatic nitrogens is 2. The van der Waals surface area contributed by atoms with Gasteiger partial charge in [0.1, 0.15) is 10.7 Å². The minimum absolute atomic E-state index is 0.132. The van der Waals surface area contributed by atoms with E-state index >= 15 is 0 Å². The Hall–Kier alpha value is -3.69. The molecule has 0 bridgehead atoms. The number of benzene rings is 1. The van der Waals surface area contributed by atoms with Crippen molar-refractivity contribution in [2.24, 2.45) is 0 Å². The van der Waals surface area contributed by atoms with E-state index in [4.69, 9.17) is 13.6 Å². The van der Waals surface area contributed by atoms with Gasteiger partial charge in [-0.3, -0.25) is 20.2 Å². The molecule has 3 rings (SSSR count). The highest BCUT2D eigenvalue weighted by Gasteiger charge is 2.19. The summed E-state index contributed by atoms with van der Waals surface area (Å²) in [5.74, 6) is -0.467. The second kappa shape index (κ2) is 6.83. The first kappa shape index (κ1) is 16.2. The summed E-state index contributed by atoms with van der Waals surface area (Å²) in [4.78, 5) is 21.7. The second-order valence-electron chi connectivity index (χ2n) is 4.87. The molecule has 0 aliphatic heterocycles. The largest absolute Gasteiger partial charge is 0.497 e. The van der Waals surface area contributed by atoms with Gasteiger partial charge in [-0.05, 0) is 23.8 Å². The lowest BCUT2D eigenvalue weighted by atomic mass is 10.1.